The van der Waals surface area contributed by atoms with Gasteiger partial charge in [0.25, 0.3) is 5.91 Å². The standard InChI is InChI=1S/C29H31N7O/c30-27(31)23-17-36(26-4-2-1-3-22(23)26)14-13-32-28(37)20-9-7-19(8-10-20)24-11-12-33-29(34-24)35-25-16-18-5-6-21(25)15-18/h1-4,7-12,17-18,21,25H,5-6,13-16H2,(H3,30,31)(H,32,37)(H,33,34,35). The van der Waals surface area contributed by atoms with E-state index in [0.29, 0.717) is 36.2 Å². The van der Waals surface area contributed by atoms with Crippen LogP contribution in [-0.2, 0) is 6.54 Å². The lowest BCUT2D eigenvalue weighted by molar-refractivity contribution is 0.0952. The van der Waals surface area contributed by atoms with Gasteiger partial charge in [-0.2, -0.15) is 0 Å². The Kier molecular flexibility index (Phi) is 6.08. The van der Waals surface area contributed by atoms with Gasteiger partial charge in [-0.05, 0) is 55.4 Å². The molecule has 8 heteroatoms. The fourth-order valence-corrected chi connectivity index (χ4v) is 6.01. The highest BCUT2D eigenvalue weighted by atomic mass is 16.1. The SMILES string of the molecule is N=C(N)c1cn(CCNC(=O)c2ccc(-c3ccnc(NC4CC5CCC4C5)n3)cc2)c2ccccc12. The first-order chi connectivity index (χ1) is 18.0. The Hall–Kier alpha value is -4.20. The van der Waals surface area contributed by atoms with Gasteiger partial charge in [-0.15, -0.1) is 0 Å². The number of fused-ring (bicyclic) bond motifs is 3. The van der Waals surface area contributed by atoms with Crippen LogP contribution in [0.1, 0.15) is 41.6 Å². The molecule has 2 aliphatic carbocycles. The molecule has 0 radical (unpaired) electrons. The fourth-order valence-electron chi connectivity index (χ4n) is 6.01. The van der Waals surface area contributed by atoms with E-state index in [-0.39, 0.29) is 11.7 Å². The van der Waals surface area contributed by atoms with Gasteiger partial charge in [0.15, 0.2) is 0 Å². The molecule has 8 nitrogen and oxygen atoms in total. The first-order valence-corrected chi connectivity index (χ1v) is 13.0. The van der Waals surface area contributed by atoms with Gasteiger partial charge < -0.3 is 20.9 Å². The highest BCUT2D eigenvalue weighted by Gasteiger charge is 2.39. The summed E-state index contributed by atoms with van der Waals surface area (Å²) in [6.07, 6.45) is 8.90. The zero-order valence-electron chi connectivity index (χ0n) is 20.7. The first-order valence-electron chi connectivity index (χ1n) is 13.0. The van der Waals surface area contributed by atoms with Crippen LogP contribution in [0.15, 0.2) is 67.0 Å². The van der Waals surface area contributed by atoms with E-state index in [0.717, 1.165) is 34.0 Å². The molecule has 5 N–H and O–H groups in total. The molecule has 0 spiro atoms. The molecule has 4 aromatic rings. The second-order valence-corrected chi connectivity index (χ2v) is 10.2. The van der Waals surface area contributed by atoms with Gasteiger partial charge in [0.2, 0.25) is 5.95 Å². The molecule has 2 fully saturated rings. The lowest BCUT2D eigenvalue weighted by Gasteiger charge is -2.22. The Bertz CT molecular complexity index is 1460. The van der Waals surface area contributed by atoms with Crippen LogP contribution in [0.5, 0.6) is 0 Å². The van der Waals surface area contributed by atoms with Crippen molar-refractivity contribution in [3.05, 3.63) is 78.1 Å². The Morgan fingerprint density at radius 3 is 2.68 bits per heavy atom. The highest BCUT2D eigenvalue weighted by molar-refractivity contribution is 6.07. The highest BCUT2D eigenvalue weighted by Crippen LogP contribution is 2.45. The number of nitrogen functional groups attached to an aromatic ring is 1. The van der Waals surface area contributed by atoms with Crippen LogP contribution in [0.25, 0.3) is 22.2 Å². The molecular weight excluding hydrogens is 462 g/mol. The van der Waals surface area contributed by atoms with E-state index in [1.807, 2.05) is 65.4 Å². The van der Waals surface area contributed by atoms with Crippen molar-refractivity contribution in [2.75, 3.05) is 11.9 Å². The number of amidine groups is 1. The van der Waals surface area contributed by atoms with E-state index in [1.54, 1.807) is 6.20 Å². The molecule has 2 bridgehead atoms. The third-order valence-electron chi connectivity index (χ3n) is 7.87. The number of carbonyl (C=O) groups is 1. The molecule has 0 saturated heterocycles. The summed E-state index contributed by atoms with van der Waals surface area (Å²) in [7, 11) is 0. The zero-order valence-corrected chi connectivity index (χ0v) is 20.7. The van der Waals surface area contributed by atoms with E-state index < -0.39 is 0 Å². The number of anilines is 1. The monoisotopic (exact) mass is 493 g/mol. The number of para-hydroxylation sites is 1. The van der Waals surface area contributed by atoms with Crippen LogP contribution < -0.4 is 16.4 Å². The van der Waals surface area contributed by atoms with Crippen molar-refractivity contribution in [3.8, 4) is 11.3 Å². The van der Waals surface area contributed by atoms with Gasteiger partial charge in [-0.1, -0.05) is 36.8 Å². The quantitative estimate of drug-likeness (QED) is 0.214. The van der Waals surface area contributed by atoms with Gasteiger partial charge in [0.05, 0.1) is 5.69 Å². The second-order valence-electron chi connectivity index (χ2n) is 10.2. The van der Waals surface area contributed by atoms with Crippen LogP contribution in [0.2, 0.25) is 0 Å². The number of nitrogens with zero attached hydrogens (tertiary/aromatic N) is 3. The minimum absolute atomic E-state index is 0.0382. The van der Waals surface area contributed by atoms with Crippen molar-refractivity contribution >= 4 is 28.6 Å². The van der Waals surface area contributed by atoms with Crippen molar-refractivity contribution in [2.24, 2.45) is 17.6 Å². The van der Waals surface area contributed by atoms with E-state index in [4.69, 9.17) is 16.1 Å². The van der Waals surface area contributed by atoms with Crippen molar-refractivity contribution in [1.82, 2.24) is 19.9 Å². The van der Waals surface area contributed by atoms with Crippen molar-refractivity contribution in [3.63, 3.8) is 0 Å². The number of hydrogen-bond donors (Lipinski definition) is 4. The fraction of sp³-hybridized carbons (Fsp3) is 0.310. The maximum Gasteiger partial charge on any atom is 0.251 e. The topological polar surface area (TPSA) is 122 Å². The summed E-state index contributed by atoms with van der Waals surface area (Å²) in [6.45, 7) is 1.04. The van der Waals surface area contributed by atoms with Crippen molar-refractivity contribution in [1.29, 1.82) is 5.41 Å². The average molecular weight is 494 g/mol. The molecule has 2 aromatic carbocycles. The lowest BCUT2D eigenvalue weighted by Crippen LogP contribution is -2.27. The zero-order chi connectivity index (χ0) is 25.4. The molecule has 3 atom stereocenters. The summed E-state index contributed by atoms with van der Waals surface area (Å²) in [5.74, 6) is 2.21. The molecule has 2 heterocycles. The Labute approximate surface area is 215 Å². The van der Waals surface area contributed by atoms with Crippen LogP contribution in [0.4, 0.5) is 5.95 Å². The number of rotatable bonds is 8. The molecule has 1 amide bonds. The summed E-state index contributed by atoms with van der Waals surface area (Å²) in [5.41, 5.74) is 9.83. The van der Waals surface area contributed by atoms with Crippen LogP contribution in [0, 0.1) is 17.2 Å². The maximum atomic E-state index is 12.8. The summed E-state index contributed by atoms with van der Waals surface area (Å²) >= 11 is 0. The van der Waals surface area contributed by atoms with Gasteiger partial charge in [-0.25, -0.2) is 9.97 Å². The number of hydrogen-bond acceptors (Lipinski definition) is 5. The van der Waals surface area contributed by atoms with E-state index in [1.165, 1.54) is 25.7 Å². The van der Waals surface area contributed by atoms with Crippen LogP contribution in [-0.4, -0.2) is 38.9 Å². The van der Waals surface area contributed by atoms with E-state index in [9.17, 15) is 4.79 Å². The largest absolute Gasteiger partial charge is 0.384 e. The molecule has 2 aliphatic rings. The number of amides is 1. The van der Waals surface area contributed by atoms with Crippen LogP contribution in [0.3, 0.4) is 0 Å². The average Bonchev–Trinajstić information content (AvgIpc) is 3.64. The first kappa shape index (κ1) is 23.2. The molecule has 37 heavy (non-hydrogen) atoms. The van der Waals surface area contributed by atoms with Crippen molar-refractivity contribution < 1.29 is 4.79 Å². The summed E-state index contributed by atoms with van der Waals surface area (Å²) in [4.78, 5) is 21.9. The summed E-state index contributed by atoms with van der Waals surface area (Å²) in [5, 5.41) is 15.3. The minimum atomic E-state index is -0.129. The molecule has 2 aromatic heterocycles. The molecule has 188 valence electrons. The summed E-state index contributed by atoms with van der Waals surface area (Å²) < 4.78 is 2.02. The molecular formula is C29H31N7O. The second kappa shape index (κ2) is 9.69. The predicted molar refractivity (Wildman–Crippen MR) is 146 cm³/mol. The predicted octanol–water partition coefficient (Wildman–Crippen LogP) is 4.41. The van der Waals surface area contributed by atoms with Crippen molar-refractivity contribution in [2.45, 2.75) is 38.3 Å². The smallest absolute Gasteiger partial charge is 0.251 e. The number of benzene rings is 2. The minimum Gasteiger partial charge on any atom is -0.384 e. The lowest BCUT2D eigenvalue weighted by atomic mass is 9.95. The summed E-state index contributed by atoms with van der Waals surface area (Å²) in [6, 6.07) is 17.7. The van der Waals surface area contributed by atoms with E-state index in [2.05, 4.69) is 15.6 Å². The Balaban J connectivity index is 1.08. The third kappa shape index (κ3) is 4.67. The molecule has 6 rings (SSSR count). The van der Waals surface area contributed by atoms with E-state index >= 15 is 0 Å². The number of nitrogens with one attached hydrogen (secondary N) is 3. The number of nitrogens with two attached hydrogens (primary N) is 1. The van der Waals surface area contributed by atoms with Gasteiger partial charge in [-0.3, -0.25) is 10.2 Å². The van der Waals surface area contributed by atoms with Gasteiger partial charge in [0.1, 0.15) is 5.84 Å². The number of carbonyl (C=O) groups excluding carboxylic acids is 1. The van der Waals surface area contributed by atoms with Crippen LogP contribution >= 0.6 is 0 Å². The van der Waals surface area contributed by atoms with Gasteiger partial charge >= 0.3 is 0 Å². The molecule has 0 aliphatic heterocycles. The number of aromatic nitrogens is 3. The molecule has 2 saturated carbocycles. The Morgan fingerprint density at radius 2 is 1.92 bits per heavy atom. The third-order valence-corrected chi connectivity index (χ3v) is 7.87. The molecule has 3 unspecified atom stereocenters. The Morgan fingerprint density at radius 1 is 1.08 bits per heavy atom. The normalized spacial score (nSPS) is 20.3. The van der Waals surface area contributed by atoms with Gasteiger partial charge in [0, 0.05) is 59.1 Å². The maximum absolute atomic E-state index is 12.8.